The zero-order valence-electron chi connectivity index (χ0n) is 10.2. The van der Waals surface area contributed by atoms with Crippen LogP contribution in [-0.4, -0.2) is 30.6 Å². The highest BCUT2D eigenvalue weighted by Crippen LogP contribution is 2.18. The molecule has 0 aromatic heterocycles. The molecule has 5 nitrogen and oxygen atoms in total. The molecule has 0 spiro atoms. The van der Waals surface area contributed by atoms with E-state index < -0.39 is 6.04 Å². The van der Waals surface area contributed by atoms with Crippen molar-refractivity contribution in [2.75, 3.05) is 6.54 Å². The predicted octanol–water partition coefficient (Wildman–Crippen LogP) is 0.609. The second-order valence-electron chi connectivity index (χ2n) is 4.75. The lowest BCUT2D eigenvalue weighted by Gasteiger charge is -2.15. The molecule has 0 aromatic carbocycles. The topological polar surface area (TPSA) is 70.2 Å². The van der Waals surface area contributed by atoms with Crippen molar-refractivity contribution >= 4 is 11.9 Å². The van der Waals surface area contributed by atoms with Crippen LogP contribution in [0.15, 0.2) is 0 Å². The van der Waals surface area contributed by atoms with Gasteiger partial charge in [0.05, 0.1) is 0 Å². The fourth-order valence-electron chi connectivity index (χ4n) is 1.17. The van der Waals surface area contributed by atoms with E-state index in [1.807, 2.05) is 13.8 Å². The van der Waals surface area contributed by atoms with E-state index in [-0.39, 0.29) is 11.9 Å². The number of urea groups is 1. The van der Waals surface area contributed by atoms with Crippen molar-refractivity contribution in [2.45, 2.75) is 45.7 Å². The molecule has 92 valence electrons. The Bertz CT molecular complexity index is 262. The third-order valence-electron chi connectivity index (χ3n) is 2.34. The molecule has 0 aromatic rings. The Kier molecular flexibility index (Phi) is 4.58. The van der Waals surface area contributed by atoms with E-state index in [4.69, 9.17) is 0 Å². The summed E-state index contributed by atoms with van der Waals surface area (Å²) in [5, 5.41) is 8.16. The van der Waals surface area contributed by atoms with Gasteiger partial charge < -0.3 is 16.0 Å². The molecule has 0 heterocycles. The maximum absolute atomic E-state index is 11.5. The molecule has 1 rings (SSSR count). The van der Waals surface area contributed by atoms with Gasteiger partial charge >= 0.3 is 6.03 Å². The van der Waals surface area contributed by atoms with E-state index >= 15 is 0 Å². The highest BCUT2D eigenvalue weighted by molar-refractivity contribution is 5.86. The first-order chi connectivity index (χ1) is 7.49. The molecule has 0 aliphatic heterocycles. The highest BCUT2D eigenvalue weighted by atomic mass is 16.2. The average molecular weight is 227 g/mol. The van der Waals surface area contributed by atoms with Crippen LogP contribution in [0.1, 0.15) is 33.6 Å². The van der Waals surface area contributed by atoms with Crippen molar-refractivity contribution < 1.29 is 9.59 Å². The van der Waals surface area contributed by atoms with Gasteiger partial charge in [-0.15, -0.1) is 0 Å². The van der Waals surface area contributed by atoms with Crippen LogP contribution in [0, 0.1) is 5.92 Å². The Morgan fingerprint density at radius 1 is 1.25 bits per heavy atom. The molecule has 0 bridgehead atoms. The maximum Gasteiger partial charge on any atom is 0.315 e. The van der Waals surface area contributed by atoms with Gasteiger partial charge in [0.15, 0.2) is 0 Å². The van der Waals surface area contributed by atoms with E-state index in [1.165, 1.54) is 0 Å². The smallest absolute Gasteiger partial charge is 0.315 e. The van der Waals surface area contributed by atoms with Gasteiger partial charge in [0.25, 0.3) is 0 Å². The number of carbonyl (C=O) groups excluding carboxylic acids is 2. The highest BCUT2D eigenvalue weighted by Gasteiger charge is 2.24. The zero-order chi connectivity index (χ0) is 12.1. The molecule has 3 amide bonds. The summed E-state index contributed by atoms with van der Waals surface area (Å²) in [5.41, 5.74) is 0. The van der Waals surface area contributed by atoms with Gasteiger partial charge in [-0.05, 0) is 25.7 Å². The minimum absolute atomic E-state index is 0.139. The predicted molar refractivity (Wildman–Crippen MR) is 62.0 cm³/mol. The van der Waals surface area contributed by atoms with Gasteiger partial charge in [0.2, 0.25) is 5.91 Å². The first kappa shape index (κ1) is 12.8. The molecule has 1 atom stereocenters. The van der Waals surface area contributed by atoms with Gasteiger partial charge in [-0.1, -0.05) is 13.8 Å². The molecule has 1 aliphatic rings. The molecular weight excluding hydrogens is 206 g/mol. The molecule has 0 radical (unpaired) electrons. The van der Waals surface area contributed by atoms with Crippen molar-refractivity contribution in [1.29, 1.82) is 0 Å². The Morgan fingerprint density at radius 3 is 2.38 bits per heavy atom. The third-order valence-corrected chi connectivity index (χ3v) is 2.34. The van der Waals surface area contributed by atoms with E-state index in [2.05, 4.69) is 16.0 Å². The lowest BCUT2D eigenvalue weighted by molar-refractivity contribution is -0.122. The molecule has 3 N–H and O–H groups in total. The number of hydrogen-bond donors (Lipinski definition) is 3. The van der Waals surface area contributed by atoms with Crippen LogP contribution in [0.25, 0.3) is 0 Å². The average Bonchev–Trinajstić information content (AvgIpc) is 2.97. The van der Waals surface area contributed by atoms with Crippen LogP contribution < -0.4 is 16.0 Å². The van der Waals surface area contributed by atoms with Crippen LogP contribution in [0.2, 0.25) is 0 Å². The standard InChI is InChI=1S/C11H21N3O2/c1-7(2)6-12-10(15)8(3)13-11(16)14-9-4-5-9/h7-9H,4-6H2,1-3H3,(H,12,15)(H2,13,14,16). The van der Waals surface area contributed by atoms with Gasteiger partial charge in [0, 0.05) is 12.6 Å². The molecule has 1 fully saturated rings. The minimum atomic E-state index is -0.488. The summed E-state index contributed by atoms with van der Waals surface area (Å²) in [6.45, 7) is 6.37. The number of rotatable bonds is 5. The fraction of sp³-hybridized carbons (Fsp3) is 0.818. The van der Waals surface area contributed by atoms with E-state index in [0.717, 1.165) is 12.8 Å². The molecule has 16 heavy (non-hydrogen) atoms. The summed E-state index contributed by atoms with van der Waals surface area (Å²) in [7, 11) is 0. The second kappa shape index (κ2) is 5.72. The fourth-order valence-corrected chi connectivity index (χ4v) is 1.17. The SMILES string of the molecule is CC(C)CNC(=O)C(C)NC(=O)NC1CC1. The van der Waals surface area contributed by atoms with Crippen molar-refractivity contribution in [3.05, 3.63) is 0 Å². The quantitative estimate of drug-likeness (QED) is 0.644. The summed E-state index contributed by atoms with van der Waals surface area (Å²) < 4.78 is 0. The van der Waals surface area contributed by atoms with Crippen molar-refractivity contribution in [2.24, 2.45) is 5.92 Å². The lowest BCUT2D eigenvalue weighted by Crippen LogP contribution is -2.49. The Morgan fingerprint density at radius 2 is 1.88 bits per heavy atom. The summed E-state index contributed by atoms with van der Waals surface area (Å²) >= 11 is 0. The first-order valence-electron chi connectivity index (χ1n) is 5.83. The minimum Gasteiger partial charge on any atom is -0.354 e. The summed E-state index contributed by atoms with van der Waals surface area (Å²) in [4.78, 5) is 22.9. The third kappa shape index (κ3) is 5.00. The molecular formula is C11H21N3O2. The van der Waals surface area contributed by atoms with Crippen LogP contribution >= 0.6 is 0 Å². The second-order valence-corrected chi connectivity index (χ2v) is 4.75. The van der Waals surface area contributed by atoms with Gasteiger partial charge in [-0.3, -0.25) is 4.79 Å². The Labute approximate surface area is 96.4 Å². The van der Waals surface area contributed by atoms with Crippen LogP contribution in [0.3, 0.4) is 0 Å². The molecule has 5 heteroatoms. The van der Waals surface area contributed by atoms with Crippen LogP contribution in [0.5, 0.6) is 0 Å². The molecule has 1 unspecified atom stereocenters. The number of carbonyl (C=O) groups is 2. The lowest BCUT2D eigenvalue weighted by atomic mass is 10.2. The van der Waals surface area contributed by atoms with E-state index in [1.54, 1.807) is 6.92 Å². The Hall–Kier alpha value is -1.26. The first-order valence-corrected chi connectivity index (χ1v) is 5.83. The number of nitrogens with one attached hydrogen (secondary N) is 3. The Balaban J connectivity index is 2.18. The molecule has 1 saturated carbocycles. The maximum atomic E-state index is 11.5. The molecule has 1 aliphatic carbocycles. The largest absolute Gasteiger partial charge is 0.354 e. The van der Waals surface area contributed by atoms with E-state index in [9.17, 15) is 9.59 Å². The van der Waals surface area contributed by atoms with Crippen LogP contribution in [0.4, 0.5) is 4.79 Å². The van der Waals surface area contributed by atoms with Gasteiger partial charge in [-0.25, -0.2) is 4.79 Å². The monoisotopic (exact) mass is 227 g/mol. The summed E-state index contributed by atoms with van der Waals surface area (Å²) in [6, 6.07) is -0.432. The summed E-state index contributed by atoms with van der Waals surface area (Å²) in [5.74, 6) is 0.274. The summed E-state index contributed by atoms with van der Waals surface area (Å²) in [6.07, 6.45) is 2.09. The van der Waals surface area contributed by atoms with Gasteiger partial charge in [-0.2, -0.15) is 0 Å². The van der Waals surface area contributed by atoms with Crippen molar-refractivity contribution in [3.8, 4) is 0 Å². The van der Waals surface area contributed by atoms with Crippen LogP contribution in [-0.2, 0) is 4.79 Å². The number of hydrogen-bond acceptors (Lipinski definition) is 2. The zero-order valence-corrected chi connectivity index (χ0v) is 10.2. The van der Waals surface area contributed by atoms with E-state index in [0.29, 0.717) is 18.5 Å². The number of amides is 3. The normalized spacial score (nSPS) is 16.8. The van der Waals surface area contributed by atoms with Gasteiger partial charge in [0.1, 0.15) is 6.04 Å². The van der Waals surface area contributed by atoms with Crippen molar-refractivity contribution in [3.63, 3.8) is 0 Å². The molecule has 0 saturated heterocycles. The van der Waals surface area contributed by atoms with Crippen molar-refractivity contribution in [1.82, 2.24) is 16.0 Å².